The number of amides is 2. The third kappa shape index (κ3) is 4.29. The summed E-state index contributed by atoms with van der Waals surface area (Å²) in [6.45, 7) is 0.826. The van der Waals surface area contributed by atoms with Crippen LogP contribution in [0.3, 0.4) is 0 Å². The molecule has 4 heterocycles. The van der Waals surface area contributed by atoms with Gasteiger partial charge in [-0.1, -0.05) is 12.1 Å². The molecule has 204 valence electrons. The van der Waals surface area contributed by atoms with Gasteiger partial charge in [0.05, 0.1) is 40.9 Å². The Bertz CT molecular complexity index is 1600. The van der Waals surface area contributed by atoms with Crippen LogP contribution >= 0.6 is 0 Å². The van der Waals surface area contributed by atoms with Crippen LogP contribution in [0.25, 0.3) is 33.4 Å². The van der Waals surface area contributed by atoms with E-state index in [4.69, 9.17) is 4.98 Å². The fourth-order valence-electron chi connectivity index (χ4n) is 5.48. The fraction of sp³-hybridized carbons (Fsp3) is 0.385. The maximum absolute atomic E-state index is 14.3. The first-order chi connectivity index (χ1) is 18.4. The average Bonchev–Trinajstić information content (AvgIpc) is 3.48. The van der Waals surface area contributed by atoms with Gasteiger partial charge in [0.15, 0.2) is 0 Å². The molecular weight excluding hydrogens is 521 g/mol. The Balaban J connectivity index is 1.55. The summed E-state index contributed by atoms with van der Waals surface area (Å²) in [6.07, 6.45) is -2.59. The molecule has 1 fully saturated rings. The molecular formula is C26H24F5N7O. The molecule has 39 heavy (non-hydrogen) atoms. The number of imidazole rings is 1. The number of benzene rings is 1. The molecule has 6 rings (SSSR count). The van der Waals surface area contributed by atoms with Crippen LogP contribution in [-0.4, -0.2) is 54.8 Å². The first-order valence-corrected chi connectivity index (χ1v) is 12.4. The van der Waals surface area contributed by atoms with Crippen LogP contribution in [0.15, 0.2) is 36.7 Å². The zero-order chi connectivity index (χ0) is 27.7. The van der Waals surface area contributed by atoms with Gasteiger partial charge in [-0.25, -0.2) is 23.5 Å². The average molecular weight is 546 g/mol. The summed E-state index contributed by atoms with van der Waals surface area (Å²) in [5.41, 5.74) is 0.728. The lowest BCUT2D eigenvalue weighted by Crippen LogP contribution is -2.43. The molecule has 1 N–H and O–H groups in total. The third-order valence-electron chi connectivity index (χ3n) is 7.39. The molecule has 0 atom stereocenters. The lowest BCUT2D eigenvalue weighted by molar-refractivity contribution is -0.137. The number of alkyl halides is 5. The van der Waals surface area contributed by atoms with Gasteiger partial charge < -0.3 is 14.8 Å². The fourth-order valence-corrected chi connectivity index (χ4v) is 5.48. The topological polar surface area (TPSA) is 80.9 Å². The van der Waals surface area contributed by atoms with Crippen molar-refractivity contribution in [3.8, 4) is 22.5 Å². The normalized spacial score (nSPS) is 17.3. The third-order valence-corrected chi connectivity index (χ3v) is 7.39. The highest BCUT2D eigenvalue weighted by atomic mass is 19.4. The summed E-state index contributed by atoms with van der Waals surface area (Å²) < 4.78 is 73.6. The van der Waals surface area contributed by atoms with Crippen molar-refractivity contribution in [3.05, 3.63) is 53.7 Å². The number of rotatable bonds is 3. The number of fused-ring (bicyclic) bond motifs is 2. The van der Waals surface area contributed by atoms with Crippen molar-refractivity contribution in [2.75, 3.05) is 13.6 Å². The van der Waals surface area contributed by atoms with E-state index in [-0.39, 0.29) is 42.1 Å². The number of hydrogen-bond acceptors (Lipinski definition) is 4. The first kappa shape index (κ1) is 25.3. The molecule has 13 heteroatoms. The van der Waals surface area contributed by atoms with E-state index < -0.39 is 23.6 Å². The molecule has 0 bridgehead atoms. The SMILES string of the molecule is CNC(=O)N1CCn2c(C3CC(F)(F)C3)nc(-c3cccc4nc(-c5cnn(C)c5)c(C(F)(F)F)cc34)c2C1. The van der Waals surface area contributed by atoms with Gasteiger partial charge in [-0.2, -0.15) is 18.3 Å². The maximum Gasteiger partial charge on any atom is 0.418 e. The van der Waals surface area contributed by atoms with Crippen LogP contribution in [0, 0.1) is 0 Å². The molecule has 0 radical (unpaired) electrons. The van der Waals surface area contributed by atoms with E-state index in [1.807, 2.05) is 4.57 Å². The Kier molecular flexibility index (Phi) is 5.67. The number of carbonyl (C=O) groups is 1. The van der Waals surface area contributed by atoms with Gasteiger partial charge >= 0.3 is 12.2 Å². The van der Waals surface area contributed by atoms with Crippen molar-refractivity contribution < 1.29 is 26.7 Å². The summed E-state index contributed by atoms with van der Waals surface area (Å²) in [4.78, 5) is 23.1. The zero-order valence-electron chi connectivity index (χ0n) is 21.1. The molecule has 2 aliphatic rings. The number of hydrogen-bond donors (Lipinski definition) is 1. The Hall–Kier alpha value is -4.03. The number of nitrogens with one attached hydrogen (secondary N) is 1. The second-order valence-electron chi connectivity index (χ2n) is 10.0. The van der Waals surface area contributed by atoms with Gasteiger partial charge in [-0.05, 0) is 12.1 Å². The van der Waals surface area contributed by atoms with Gasteiger partial charge in [0.2, 0.25) is 5.92 Å². The summed E-state index contributed by atoms with van der Waals surface area (Å²) >= 11 is 0. The van der Waals surface area contributed by atoms with Gasteiger partial charge in [0.1, 0.15) is 5.82 Å². The van der Waals surface area contributed by atoms with Crippen LogP contribution in [0.4, 0.5) is 26.7 Å². The summed E-state index contributed by atoms with van der Waals surface area (Å²) in [5.74, 6) is -2.78. The molecule has 1 aromatic carbocycles. The van der Waals surface area contributed by atoms with Crippen molar-refractivity contribution in [1.82, 2.24) is 34.5 Å². The number of aryl methyl sites for hydroxylation is 1. The Morgan fingerprint density at radius 2 is 1.90 bits per heavy atom. The van der Waals surface area contributed by atoms with Gasteiger partial charge in [-0.15, -0.1) is 0 Å². The zero-order valence-corrected chi connectivity index (χ0v) is 21.1. The van der Waals surface area contributed by atoms with Crippen LogP contribution in [-0.2, 0) is 26.3 Å². The lowest BCUT2D eigenvalue weighted by Gasteiger charge is -2.36. The van der Waals surface area contributed by atoms with E-state index in [0.29, 0.717) is 41.4 Å². The van der Waals surface area contributed by atoms with Crippen LogP contribution < -0.4 is 5.32 Å². The number of aromatic nitrogens is 5. The minimum atomic E-state index is -4.70. The van der Waals surface area contributed by atoms with E-state index in [9.17, 15) is 26.7 Å². The van der Waals surface area contributed by atoms with Crippen molar-refractivity contribution >= 4 is 16.9 Å². The highest BCUT2D eigenvalue weighted by Gasteiger charge is 2.48. The minimum absolute atomic E-state index is 0.134. The molecule has 0 saturated heterocycles. The lowest BCUT2D eigenvalue weighted by atomic mass is 9.80. The largest absolute Gasteiger partial charge is 0.418 e. The number of nitrogens with zero attached hydrogens (tertiary/aromatic N) is 6. The molecule has 1 saturated carbocycles. The quantitative estimate of drug-likeness (QED) is 0.360. The minimum Gasteiger partial charge on any atom is -0.341 e. The summed E-state index contributed by atoms with van der Waals surface area (Å²) in [5, 5.41) is 6.79. The highest BCUT2D eigenvalue weighted by molar-refractivity contribution is 5.96. The highest BCUT2D eigenvalue weighted by Crippen LogP contribution is 2.49. The Morgan fingerprint density at radius 3 is 2.54 bits per heavy atom. The van der Waals surface area contributed by atoms with Gasteiger partial charge in [-0.3, -0.25) is 4.68 Å². The van der Waals surface area contributed by atoms with E-state index in [2.05, 4.69) is 15.4 Å². The van der Waals surface area contributed by atoms with Gasteiger partial charge in [0.25, 0.3) is 0 Å². The Labute approximate surface area is 219 Å². The summed E-state index contributed by atoms with van der Waals surface area (Å²) in [7, 11) is 3.11. The molecule has 3 aromatic heterocycles. The van der Waals surface area contributed by atoms with Crippen molar-refractivity contribution in [2.45, 2.75) is 43.9 Å². The molecule has 2 amide bonds. The van der Waals surface area contributed by atoms with E-state index in [1.165, 1.54) is 24.1 Å². The molecule has 8 nitrogen and oxygen atoms in total. The molecule has 1 aliphatic heterocycles. The number of urea groups is 1. The van der Waals surface area contributed by atoms with Crippen molar-refractivity contribution in [1.29, 1.82) is 0 Å². The van der Waals surface area contributed by atoms with Crippen LogP contribution in [0.2, 0.25) is 0 Å². The predicted octanol–water partition coefficient (Wildman–Crippen LogP) is 5.19. The van der Waals surface area contributed by atoms with Crippen LogP contribution in [0.1, 0.15) is 35.8 Å². The maximum atomic E-state index is 14.3. The second-order valence-corrected chi connectivity index (χ2v) is 10.0. The smallest absolute Gasteiger partial charge is 0.341 e. The number of carbonyl (C=O) groups excluding carboxylic acids is 1. The molecule has 0 unspecified atom stereocenters. The first-order valence-electron chi connectivity index (χ1n) is 12.4. The Morgan fingerprint density at radius 1 is 1.13 bits per heavy atom. The molecule has 4 aromatic rings. The van der Waals surface area contributed by atoms with E-state index in [1.54, 1.807) is 30.1 Å². The predicted molar refractivity (Wildman–Crippen MR) is 132 cm³/mol. The van der Waals surface area contributed by atoms with Crippen molar-refractivity contribution in [3.63, 3.8) is 0 Å². The monoisotopic (exact) mass is 545 g/mol. The van der Waals surface area contributed by atoms with Crippen LogP contribution in [0.5, 0.6) is 0 Å². The number of pyridine rings is 1. The van der Waals surface area contributed by atoms with E-state index >= 15 is 0 Å². The molecule has 0 spiro atoms. The molecule has 1 aliphatic carbocycles. The van der Waals surface area contributed by atoms with Gasteiger partial charge in [0, 0.05) is 68.7 Å². The standard InChI is InChI=1S/C26H24F5N7O/c1-32-24(39)37-6-7-38-20(13-37)22(35-23(38)14-9-25(27,28)10-14)16-4-3-5-19-17(16)8-18(26(29,30)31)21(34-19)15-11-33-36(2)12-15/h3-5,8,11-12,14H,6-7,9-10,13H2,1-2H3,(H,32,39). The van der Waals surface area contributed by atoms with Crippen molar-refractivity contribution in [2.24, 2.45) is 7.05 Å². The van der Waals surface area contributed by atoms with E-state index in [0.717, 1.165) is 6.07 Å². The number of halogens is 5. The summed E-state index contributed by atoms with van der Waals surface area (Å²) in [6, 6.07) is 5.68. The second kappa shape index (κ2) is 8.75.